The first kappa shape index (κ1) is 29.8. The monoisotopic (exact) mass is 622 g/mol. The molecule has 0 aliphatic carbocycles. The van der Waals surface area contributed by atoms with E-state index in [-0.39, 0.29) is 23.4 Å². The summed E-state index contributed by atoms with van der Waals surface area (Å²) in [5.74, 6) is -0.00363. The third-order valence-corrected chi connectivity index (χ3v) is 9.00. The van der Waals surface area contributed by atoms with Crippen LogP contribution in [0.15, 0.2) is 87.8 Å². The van der Waals surface area contributed by atoms with Crippen molar-refractivity contribution in [2.45, 2.75) is 33.7 Å². The number of fused-ring (bicyclic) bond motifs is 2. The Kier molecular flexibility index (Phi) is 7.71. The number of allylic oxidation sites excluding steroid dienone is 1. The number of nitro benzene ring substituents is 1. The summed E-state index contributed by atoms with van der Waals surface area (Å²) >= 11 is 1.25. The molecule has 45 heavy (non-hydrogen) atoms. The van der Waals surface area contributed by atoms with Crippen molar-refractivity contribution in [3.05, 3.63) is 130 Å². The van der Waals surface area contributed by atoms with Gasteiger partial charge in [-0.15, -0.1) is 0 Å². The molecule has 0 radical (unpaired) electrons. The summed E-state index contributed by atoms with van der Waals surface area (Å²) in [7, 11) is 1.57. The van der Waals surface area contributed by atoms with Crippen LogP contribution in [0.1, 0.15) is 42.4 Å². The molecule has 0 fully saturated rings. The van der Waals surface area contributed by atoms with E-state index < -0.39 is 16.9 Å². The van der Waals surface area contributed by atoms with Crippen molar-refractivity contribution in [2.24, 2.45) is 4.99 Å². The van der Waals surface area contributed by atoms with Crippen molar-refractivity contribution in [1.29, 1.82) is 0 Å². The second-order valence-corrected chi connectivity index (χ2v) is 11.6. The number of nitrogens with zero attached hydrogens (tertiary/aromatic N) is 4. The minimum atomic E-state index is -0.837. The number of hydrogen-bond acceptors (Lipinski definition) is 8. The number of carbonyl (C=O) groups excluding carboxylic acids is 1. The lowest BCUT2D eigenvalue weighted by atomic mass is 9.90. The van der Waals surface area contributed by atoms with Crippen molar-refractivity contribution in [1.82, 2.24) is 9.13 Å². The van der Waals surface area contributed by atoms with Crippen molar-refractivity contribution in [3.63, 3.8) is 0 Å². The highest BCUT2D eigenvalue weighted by atomic mass is 32.1. The number of thiazole rings is 1. The molecule has 1 atom stereocenters. The molecule has 0 spiro atoms. The summed E-state index contributed by atoms with van der Waals surface area (Å²) < 4.78 is 15.3. The van der Waals surface area contributed by atoms with Crippen LogP contribution in [0.3, 0.4) is 0 Å². The summed E-state index contributed by atoms with van der Waals surface area (Å²) in [6, 6.07) is 19.0. The molecule has 0 saturated heterocycles. The number of benzene rings is 3. The number of aryl methyl sites for hydroxylation is 1. The fourth-order valence-corrected chi connectivity index (χ4v) is 7.03. The predicted molar refractivity (Wildman–Crippen MR) is 173 cm³/mol. The van der Waals surface area contributed by atoms with Crippen LogP contribution in [0.25, 0.3) is 22.5 Å². The maximum absolute atomic E-state index is 14.3. The first-order valence-electron chi connectivity index (χ1n) is 14.3. The zero-order chi connectivity index (χ0) is 32.0. The summed E-state index contributed by atoms with van der Waals surface area (Å²) in [6.45, 7) is 7.54. The average Bonchev–Trinajstić information content (AvgIpc) is 3.48. The Labute approximate surface area is 262 Å². The molecule has 3 heterocycles. The largest absolute Gasteiger partial charge is 0.496 e. The molecular formula is C34H30N4O6S. The number of hydrogen-bond donors (Lipinski definition) is 0. The molecule has 0 N–H and O–H groups in total. The van der Waals surface area contributed by atoms with Crippen molar-refractivity contribution in [2.75, 3.05) is 13.7 Å². The molecule has 0 bridgehead atoms. The normalized spacial score (nSPS) is 14.8. The molecule has 11 heteroatoms. The predicted octanol–water partition coefficient (Wildman–Crippen LogP) is 5.28. The summed E-state index contributed by atoms with van der Waals surface area (Å²) in [5, 5.41) is 12.9. The van der Waals surface area contributed by atoms with Crippen LogP contribution in [-0.4, -0.2) is 33.7 Å². The fourth-order valence-electron chi connectivity index (χ4n) is 6.00. The van der Waals surface area contributed by atoms with E-state index >= 15 is 0 Å². The molecule has 1 aliphatic rings. The van der Waals surface area contributed by atoms with Gasteiger partial charge >= 0.3 is 5.97 Å². The van der Waals surface area contributed by atoms with Crippen LogP contribution in [0.4, 0.5) is 5.69 Å². The van der Waals surface area contributed by atoms with Crippen molar-refractivity contribution >= 4 is 39.8 Å². The van der Waals surface area contributed by atoms with Gasteiger partial charge in [0.15, 0.2) is 4.80 Å². The highest BCUT2D eigenvalue weighted by Crippen LogP contribution is 2.40. The average molecular weight is 623 g/mol. The van der Waals surface area contributed by atoms with Gasteiger partial charge in [0, 0.05) is 34.8 Å². The Bertz CT molecular complexity index is 2220. The quantitative estimate of drug-likeness (QED) is 0.139. The number of methoxy groups -OCH3 is 1. The number of nitro groups is 1. The molecule has 0 saturated carbocycles. The minimum absolute atomic E-state index is 0.0115. The van der Waals surface area contributed by atoms with Crippen LogP contribution in [0.5, 0.6) is 5.75 Å². The van der Waals surface area contributed by atoms with E-state index in [1.807, 2.05) is 67.0 Å². The van der Waals surface area contributed by atoms with Crippen LogP contribution in [0, 0.1) is 24.0 Å². The molecule has 5 aromatic rings. The summed E-state index contributed by atoms with van der Waals surface area (Å²) in [6.07, 6.45) is 1.83. The Balaban J connectivity index is 1.57. The Morgan fingerprint density at radius 3 is 2.51 bits per heavy atom. The van der Waals surface area contributed by atoms with Gasteiger partial charge in [0.25, 0.3) is 11.2 Å². The summed E-state index contributed by atoms with van der Waals surface area (Å²) in [5.41, 5.74) is 4.50. The molecule has 228 valence electrons. The van der Waals surface area contributed by atoms with Gasteiger partial charge < -0.3 is 14.0 Å². The molecular weight excluding hydrogens is 592 g/mol. The fraction of sp³-hybridized carbons (Fsp3) is 0.206. The first-order valence-corrected chi connectivity index (χ1v) is 15.1. The summed E-state index contributed by atoms with van der Waals surface area (Å²) in [4.78, 5) is 43.7. The van der Waals surface area contributed by atoms with E-state index in [1.165, 1.54) is 23.5 Å². The van der Waals surface area contributed by atoms with E-state index in [1.54, 1.807) is 37.7 Å². The Morgan fingerprint density at radius 2 is 1.82 bits per heavy atom. The van der Waals surface area contributed by atoms with Gasteiger partial charge in [0.05, 0.1) is 34.4 Å². The third kappa shape index (κ3) is 5.04. The van der Waals surface area contributed by atoms with E-state index in [0.717, 1.165) is 33.4 Å². The van der Waals surface area contributed by atoms with Crippen LogP contribution in [0.2, 0.25) is 0 Å². The molecule has 0 unspecified atom stereocenters. The van der Waals surface area contributed by atoms with E-state index in [0.29, 0.717) is 26.3 Å². The highest BCUT2D eigenvalue weighted by molar-refractivity contribution is 7.07. The first-order chi connectivity index (χ1) is 21.6. The van der Waals surface area contributed by atoms with E-state index in [2.05, 4.69) is 0 Å². The second kappa shape index (κ2) is 11.7. The van der Waals surface area contributed by atoms with Crippen LogP contribution < -0.4 is 19.6 Å². The van der Waals surface area contributed by atoms with Crippen molar-refractivity contribution in [3.8, 4) is 11.4 Å². The zero-order valence-corrected chi connectivity index (χ0v) is 26.2. The molecule has 3 aromatic carbocycles. The molecule has 6 rings (SSSR count). The third-order valence-electron chi connectivity index (χ3n) is 8.02. The van der Waals surface area contributed by atoms with Crippen LogP contribution in [-0.2, 0) is 9.53 Å². The van der Waals surface area contributed by atoms with Gasteiger partial charge in [0.2, 0.25) is 0 Å². The SMILES string of the molecule is CCOC(=O)C1=C(C)N=c2s/c(=C/c3cc(C)n(-c4ccc([N+](=O)[O-])cc4)c3C)c(=O)n2[C@H]1c1c(OC)ccc2ccccc12. The minimum Gasteiger partial charge on any atom is -0.496 e. The zero-order valence-electron chi connectivity index (χ0n) is 25.4. The van der Waals surface area contributed by atoms with Gasteiger partial charge in [0.1, 0.15) is 11.8 Å². The highest BCUT2D eigenvalue weighted by Gasteiger charge is 2.36. The molecule has 2 aromatic heterocycles. The lowest BCUT2D eigenvalue weighted by molar-refractivity contribution is -0.384. The molecule has 10 nitrogen and oxygen atoms in total. The standard InChI is InChI=1S/C34H30N4O6S/c1-6-44-33(40)29-20(3)35-34-37(31(29)30-26-10-8-7-9-22(26)11-16-27(30)43-5)32(39)28(45-34)18-23-17-19(2)36(21(23)4)24-12-14-25(15-13-24)38(41)42/h7-18,31H,6H2,1-5H3/b28-18+/t31-/m1/s1. The second-order valence-electron chi connectivity index (χ2n) is 10.6. The lowest BCUT2D eigenvalue weighted by Crippen LogP contribution is -2.40. The molecule has 0 amide bonds. The van der Waals surface area contributed by atoms with Crippen LogP contribution >= 0.6 is 11.3 Å². The number of aromatic nitrogens is 2. The van der Waals surface area contributed by atoms with Gasteiger partial charge in [-0.05, 0) is 74.4 Å². The number of esters is 1. The Morgan fingerprint density at radius 1 is 1.09 bits per heavy atom. The van der Waals surface area contributed by atoms with E-state index in [9.17, 15) is 19.7 Å². The van der Waals surface area contributed by atoms with Gasteiger partial charge in [-0.25, -0.2) is 9.79 Å². The number of ether oxygens (including phenoxy) is 2. The van der Waals surface area contributed by atoms with Gasteiger partial charge in [-0.2, -0.15) is 0 Å². The number of carbonyl (C=O) groups is 1. The van der Waals surface area contributed by atoms with Gasteiger partial charge in [-0.1, -0.05) is 41.7 Å². The number of non-ortho nitro benzene ring substituents is 1. The van der Waals surface area contributed by atoms with Gasteiger partial charge in [-0.3, -0.25) is 19.5 Å². The Hall–Kier alpha value is -5.29. The lowest BCUT2D eigenvalue weighted by Gasteiger charge is -2.27. The maximum atomic E-state index is 14.3. The van der Waals surface area contributed by atoms with Crippen molar-refractivity contribution < 1.29 is 19.2 Å². The maximum Gasteiger partial charge on any atom is 0.338 e. The topological polar surface area (TPSA) is 118 Å². The molecule has 1 aliphatic heterocycles. The smallest absolute Gasteiger partial charge is 0.338 e. The number of rotatable bonds is 7. The van der Waals surface area contributed by atoms with E-state index in [4.69, 9.17) is 14.5 Å².